The van der Waals surface area contributed by atoms with Gasteiger partial charge in [-0.25, -0.2) is 8.42 Å². The van der Waals surface area contributed by atoms with E-state index in [0.29, 0.717) is 30.1 Å². The van der Waals surface area contributed by atoms with Crippen molar-refractivity contribution in [3.8, 4) is 0 Å². The molecular formula is C28H38N4O4S. The van der Waals surface area contributed by atoms with E-state index in [9.17, 15) is 18.0 Å². The maximum Gasteiger partial charge on any atom is 0.262 e. The molecule has 1 aliphatic rings. The number of aliphatic imine (C=N–C) groups is 1. The first kappa shape index (κ1) is 28.4. The Morgan fingerprint density at radius 1 is 0.919 bits per heavy atom. The molecule has 0 fully saturated rings. The van der Waals surface area contributed by atoms with Gasteiger partial charge in [0.05, 0.1) is 4.90 Å². The molecule has 3 rings (SSSR count). The van der Waals surface area contributed by atoms with Crippen LogP contribution in [-0.4, -0.2) is 38.7 Å². The third-order valence-electron chi connectivity index (χ3n) is 6.31. The molecule has 0 bridgehead atoms. The highest BCUT2D eigenvalue weighted by Gasteiger charge is 2.25. The summed E-state index contributed by atoms with van der Waals surface area (Å²) >= 11 is 0. The van der Waals surface area contributed by atoms with Crippen molar-refractivity contribution in [3.63, 3.8) is 0 Å². The van der Waals surface area contributed by atoms with E-state index in [1.165, 1.54) is 24.3 Å². The molecule has 1 atom stereocenters. The lowest BCUT2D eigenvalue weighted by atomic mass is 9.86. The number of carbonyl (C=O) groups excluding carboxylic acids is 2. The number of nitrogens with zero attached hydrogens (tertiary/aromatic N) is 1. The molecule has 0 aromatic heterocycles. The second-order valence-corrected chi connectivity index (χ2v) is 12.5. The van der Waals surface area contributed by atoms with Crippen LogP contribution in [0.3, 0.4) is 0 Å². The van der Waals surface area contributed by atoms with Crippen molar-refractivity contribution in [1.82, 2.24) is 10.0 Å². The Balaban J connectivity index is 1.65. The zero-order valence-corrected chi connectivity index (χ0v) is 23.1. The number of hydrogen-bond donors (Lipinski definition) is 3. The summed E-state index contributed by atoms with van der Waals surface area (Å²) in [5.74, 6) is -0.389. The number of hydrogen-bond acceptors (Lipinski definition) is 5. The third-order valence-corrected chi connectivity index (χ3v) is 7.70. The molecule has 200 valence electrons. The highest BCUT2D eigenvalue weighted by Crippen LogP contribution is 2.22. The number of sulfonamides is 1. The second-order valence-electron chi connectivity index (χ2n) is 10.8. The van der Waals surface area contributed by atoms with E-state index in [1.807, 2.05) is 26.0 Å². The van der Waals surface area contributed by atoms with Gasteiger partial charge in [-0.15, -0.1) is 0 Å². The Hall–Kier alpha value is -3.20. The van der Waals surface area contributed by atoms with Crippen LogP contribution in [0.15, 0.2) is 58.4 Å². The number of benzene rings is 2. The molecule has 3 N–H and O–H groups in total. The standard InChI is InChI=1S/C28H38N4O4S/c1-19(2)25(31-26(33)20-10-12-21(13-11-20)28(3,4)5)27(34)30-22-14-16-23(17-15-22)37(35,36)32-24-9-7-6-8-18-29-24/h10-17,19,25H,6-9,18H2,1-5H3,(H,29,32)(H,30,34)(H,31,33). The summed E-state index contributed by atoms with van der Waals surface area (Å²) in [6.07, 6.45) is 3.50. The summed E-state index contributed by atoms with van der Waals surface area (Å²) in [7, 11) is -3.76. The lowest BCUT2D eigenvalue weighted by Gasteiger charge is -2.22. The van der Waals surface area contributed by atoms with Gasteiger partial charge in [-0.2, -0.15) is 0 Å². The molecule has 1 unspecified atom stereocenters. The van der Waals surface area contributed by atoms with Crippen molar-refractivity contribution >= 4 is 33.4 Å². The van der Waals surface area contributed by atoms with Gasteiger partial charge < -0.3 is 10.6 Å². The zero-order valence-electron chi connectivity index (χ0n) is 22.3. The SMILES string of the molecule is CC(C)C(NC(=O)c1ccc(C(C)(C)C)cc1)C(=O)Nc1ccc(S(=O)(=O)NC2=NCCCCC2)cc1. The Kier molecular flexibility index (Phi) is 9.12. The summed E-state index contributed by atoms with van der Waals surface area (Å²) in [6, 6.07) is 12.5. The summed E-state index contributed by atoms with van der Waals surface area (Å²) in [6.45, 7) is 10.6. The highest BCUT2D eigenvalue weighted by atomic mass is 32.2. The van der Waals surface area contributed by atoms with Crippen LogP contribution in [0.1, 0.15) is 76.2 Å². The van der Waals surface area contributed by atoms with E-state index >= 15 is 0 Å². The number of rotatable bonds is 7. The minimum atomic E-state index is -3.76. The molecule has 2 amide bonds. The lowest BCUT2D eigenvalue weighted by Crippen LogP contribution is -2.47. The van der Waals surface area contributed by atoms with Gasteiger partial charge in [0.15, 0.2) is 0 Å². The van der Waals surface area contributed by atoms with Crippen molar-refractivity contribution in [1.29, 1.82) is 0 Å². The Morgan fingerprint density at radius 2 is 1.57 bits per heavy atom. The minimum absolute atomic E-state index is 0.0241. The van der Waals surface area contributed by atoms with Crippen LogP contribution in [0, 0.1) is 5.92 Å². The average molecular weight is 527 g/mol. The van der Waals surface area contributed by atoms with Crippen molar-refractivity contribution in [3.05, 3.63) is 59.7 Å². The smallest absolute Gasteiger partial charge is 0.262 e. The summed E-state index contributed by atoms with van der Waals surface area (Å²) < 4.78 is 28.1. The van der Waals surface area contributed by atoms with E-state index in [1.54, 1.807) is 12.1 Å². The highest BCUT2D eigenvalue weighted by molar-refractivity contribution is 7.90. The van der Waals surface area contributed by atoms with Crippen molar-refractivity contribution < 1.29 is 18.0 Å². The van der Waals surface area contributed by atoms with Gasteiger partial charge in [0.1, 0.15) is 11.9 Å². The molecule has 0 spiro atoms. The maximum atomic E-state index is 13.0. The van der Waals surface area contributed by atoms with E-state index in [4.69, 9.17) is 0 Å². The van der Waals surface area contributed by atoms with E-state index < -0.39 is 16.1 Å². The first-order chi connectivity index (χ1) is 17.4. The van der Waals surface area contributed by atoms with E-state index in [2.05, 4.69) is 41.1 Å². The monoisotopic (exact) mass is 526 g/mol. The topological polar surface area (TPSA) is 117 Å². The van der Waals surface area contributed by atoms with Crippen molar-refractivity contribution in [2.24, 2.45) is 10.9 Å². The minimum Gasteiger partial charge on any atom is -0.340 e. The molecule has 0 saturated carbocycles. The van der Waals surface area contributed by atoms with Crippen LogP contribution in [0.5, 0.6) is 0 Å². The molecule has 0 aliphatic carbocycles. The molecule has 37 heavy (non-hydrogen) atoms. The molecule has 8 nitrogen and oxygen atoms in total. The Bertz CT molecular complexity index is 1230. The predicted octanol–water partition coefficient (Wildman–Crippen LogP) is 4.63. The molecule has 1 aliphatic heterocycles. The average Bonchev–Trinajstić information content (AvgIpc) is 3.10. The largest absolute Gasteiger partial charge is 0.340 e. The van der Waals surface area contributed by atoms with Crippen LogP contribution in [0.2, 0.25) is 0 Å². The van der Waals surface area contributed by atoms with Gasteiger partial charge in [-0.1, -0.05) is 53.2 Å². The number of carbonyl (C=O) groups is 2. The maximum absolute atomic E-state index is 13.0. The number of anilines is 1. The molecule has 9 heteroatoms. The summed E-state index contributed by atoms with van der Waals surface area (Å²) in [4.78, 5) is 30.3. The van der Waals surface area contributed by atoms with Crippen LogP contribution in [0.4, 0.5) is 5.69 Å². The molecule has 0 saturated heterocycles. The fourth-order valence-corrected chi connectivity index (χ4v) is 5.08. The Morgan fingerprint density at radius 3 is 2.16 bits per heavy atom. The molecular weight excluding hydrogens is 488 g/mol. The van der Waals surface area contributed by atoms with Gasteiger partial charge in [-0.3, -0.25) is 19.3 Å². The number of amidine groups is 1. The summed E-state index contributed by atoms with van der Waals surface area (Å²) in [5, 5.41) is 5.61. The van der Waals surface area contributed by atoms with Crippen LogP contribution < -0.4 is 15.4 Å². The molecule has 2 aromatic carbocycles. The van der Waals surface area contributed by atoms with Crippen LogP contribution >= 0.6 is 0 Å². The zero-order chi connectivity index (χ0) is 27.2. The number of amides is 2. The first-order valence-corrected chi connectivity index (χ1v) is 14.2. The van der Waals surface area contributed by atoms with E-state index in [-0.39, 0.29) is 28.0 Å². The third kappa shape index (κ3) is 7.89. The first-order valence-electron chi connectivity index (χ1n) is 12.8. The quantitative estimate of drug-likeness (QED) is 0.488. The van der Waals surface area contributed by atoms with E-state index in [0.717, 1.165) is 24.8 Å². The van der Waals surface area contributed by atoms with Gasteiger partial charge in [0.2, 0.25) is 5.91 Å². The van der Waals surface area contributed by atoms with Crippen molar-refractivity contribution in [2.75, 3.05) is 11.9 Å². The van der Waals surface area contributed by atoms with Crippen LogP contribution in [-0.2, 0) is 20.2 Å². The summed E-state index contributed by atoms with van der Waals surface area (Å²) in [5.41, 5.74) is 2.01. The predicted molar refractivity (Wildman–Crippen MR) is 147 cm³/mol. The van der Waals surface area contributed by atoms with Gasteiger partial charge in [-0.05, 0) is 66.1 Å². The molecule has 2 aromatic rings. The van der Waals surface area contributed by atoms with Gasteiger partial charge in [0.25, 0.3) is 15.9 Å². The fourth-order valence-electron chi connectivity index (χ4n) is 3.99. The normalized spacial score (nSPS) is 15.4. The lowest BCUT2D eigenvalue weighted by molar-refractivity contribution is -0.118. The van der Waals surface area contributed by atoms with Crippen molar-refractivity contribution in [2.45, 2.75) is 76.7 Å². The van der Waals surface area contributed by atoms with Gasteiger partial charge >= 0.3 is 0 Å². The van der Waals surface area contributed by atoms with Gasteiger partial charge in [0, 0.05) is 24.2 Å². The van der Waals surface area contributed by atoms with Crippen LogP contribution in [0.25, 0.3) is 0 Å². The number of nitrogens with one attached hydrogen (secondary N) is 3. The molecule has 0 radical (unpaired) electrons. The second kappa shape index (κ2) is 11.9. The molecule has 1 heterocycles. The Labute approximate surface area is 220 Å². The fraction of sp³-hybridized carbons (Fsp3) is 0.464.